The van der Waals surface area contributed by atoms with E-state index in [9.17, 15) is 0 Å². The fourth-order valence-electron chi connectivity index (χ4n) is 1.38. The molecule has 1 heterocycles. The average molecular weight is 194 g/mol. The molecule has 0 radical (unpaired) electrons. The van der Waals surface area contributed by atoms with E-state index in [-0.39, 0.29) is 0 Å². The van der Waals surface area contributed by atoms with Gasteiger partial charge in [-0.25, -0.2) is 0 Å². The van der Waals surface area contributed by atoms with E-state index in [2.05, 4.69) is 22.1 Å². The van der Waals surface area contributed by atoms with Crippen molar-refractivity contribution in [2.75, 3.05) is 31.7 Å². The Morgan fingerprint density at radius 2 is 2.29 bits per heavy atom. The van der Waals surface area contributed by atoms with E-state index in [1.165, 1.54) is 0 Å². The molecule has 1 aromatic heterocycles. The second-order valence-corrected chi connectivity index (χ2v) is 3.77. The number of hydrogen-bond acceptors (Lipinski definition) is 4. The molecule has 0 aromatic carbocycles. The summed E-state index contributed by atoms with van der Waals surface area (Å²) in [7, 11) is 4.09. The molecule has 1 unspecified atom stereocenters. The Balaban J connectivity index is 2.56. The summed E-state index contributed by atoms with van der Waals surface area (Å²) in [5.74, 6) is 0. The summed E-state index contributed by atoms with van der Waals surface area (Å²) >= 11 is 0. The quantitative estimate of drug-likeness (QED) is 0.751. The van der Waals surface area contributed by atoms with Gasteiger partial charge in [-0.1, -0.05) is 0 Å². The number of aromatic nitrogens is 1. The lowest BCUT2D eigenvalue weighted by Gasteiger charge is -2.19. The van der Waals surface area contributed by atoms with Crippen LogP contribution in [0.3, 0.4) is 0 Å². The Kier molecular flexibility index (Phi) is 3.71. The number of rotatable bonds is 4. The van der Waals surface area contributed by atoms with Crippen molar-refractivity contribution in [3.05, 3.63) is 18.5 Å². The Morgan fingerprint density at radius 1 is 1.57 bits per heavy atom. The van der Waals surface area contributed by atoms with Crippen molar-refractivity contribution in [1.82, 2.24) is 9.88 Å². The molecule has 1 rings (SSSR count). The summed E-state index contributed by atoms with van der Waals surface area (Å²) in [6, 6.07) is 2.15. The summed E-state index contributed by atoms with van der Waals surface area (Å²) in [6.07, 6.45) is 3.44. The molecule has 3 N–H and O–H groups in total. The van der Waals surface area contributed by atoms with Gasteiger partial charge >= 0.3 is 0 Å². The first kappa shape index (κ1) is 10.8. The lowest BCUT2D eigenvalue weighted by molar-refractivity contribution is 0.392. The van der Waals surface area contributed by atoms with E-state index in [1.807, 2.05) is 14.1 Å². The predicted molar refractivity (Wildman–Crippen MR) is 60.3 cm³/mol. The third kappa shape index (κ3) is 3.22. The Bertz CT molecular complexity index is 285. The highest BCUT2D eigenvalue weighted by Gasteiger charge is 2.05. The maximum atomic E-state index is 5.78. The molecular formula is C10H18N4. The third-order valence-corrected chi connectivity index (χ3v) is 1.90. The third-order valence-electron chi connectivity index (χ3n) is 1.90. The molecule has 1 aromatic rings. The summed E-state index contributed by atoms with van der Waals surface area (Å²) in [5.41, 5.74) is 7.43. The Morgan fingerprint density at radius 3 is 2.86 bits per heavy atom. The minimum Gasteiger partial charge on any atom is -0.397 e. The van der Waals surface area contributed by atoms with Crippen molar-refractivity contribution in [3.63, 3.8) is 0 Å². The number of nitrogens with zero attached hydrogens (tertiary/aromatic N) is 2. The van der Waals surface area contributed by atoms with Gasteiger partial charge in [-0.05, 0) is 27.1 Å². The summed E-state index contributed by atoms with van der Waals surface area (Å²) < 4.78 is 0. The van der Waals surface area contributed by atoms with Crippen LogP contribution in [0.15, 0.2) is 18.5 Å². The van der Waals surface area contributed by atoms with E-state index in [0.29, 0.717) is 6.04 Å². The molecule has 0 fully saturated rings. The van der Waals surface area contributed by atoms with Gasteiger partial charge in [0.1, 0.15) is 0 Å². The number of nitrogens with one attached hydrogen (secondary N) is 1. The number of nitrogen functional groups attached to an aromatic ring is 1. The van der Waals surface area contributed by atoms with Crippen LogP contribution >= 0.6 is 0 Å². The van der Waals surface area contributed by atoms with Gasteiger partial charge in [0, 0.05) is 18.8 Å². The fourth-order valence-corrected chi connectivity index (χ4v) is 1.38. The van der Waals surface area contributed by atoms with Crippen LogP contribution in [0.4, 0.5) is 11.4 Å². The molecule has 0 amide bonds. The Hall–Kier alpha value is -1.29. The van der Waals surface area contributed by atoms with Crippen LogP contribution < -0.4 is 11.1 Å². The lowest BCUT2D eigenvalue weighted by atomic mass is 10.3. The van der Waals surface area contributed by atoms with Crippen molar-refractivity contribution in [1.29, 1.82) is 0 Å². The smallest absolute Gasteiger partial charge is 0.0762 e. The highest BCUT2D eigenvalue weighted by molar-refractivity contribution is 5.64. The first-order valence-corrected chi connectivity index (χ1v) is 4.70. The lowest BCUT2D eigenvalue weighted by Crippen LogP contribution is -2.29. The molecule has 14 heavy (non-hydrogen) atoms. The fraction of sp³-hybridized carbons (Fsp3) is 0.500. The minimum atomic E-state index is 0.358. The second kappa shape index (κ2) is 4.81. The molecule has 0 aliphatic heterocycles. The van der Waals surface area contributed by atoms with Crippen LogP contribution in [0, 0.1) is 0 Å². The van der Waals surface area contributed by atoms with Gasteiger partial charge in [0.05, 0.1) is 17.6 Å². The largest absolute Gasteiger partial charge is 0.397 e. The van der Waals surface area contributed by atoms with E-state index in [4.69, 9.17) is 5.73 Å². The number of likely N-dealkylation sites (N-methyl/N-ethyl adjacent to an activating group) is 1. The molecule has 0 aliphatic rings. The molecule has 0 spiro atoms. The normalized spacial score (nSPS) is 12.9. The van der Waals surface area contributed by atoms with Crippen molar-refractivity contribution in [2.45, 2.75) is 13.0 Å². The van der Waals surface area contributed by atoms with Gasteiger partial charge in [0.15, 0.2) is 0 Å². The molecule has 0 saturated heterocycles. The van der Waals surface area contributed by atoms with Crippen LogP contribution in [0.1, 0.15) is 6.92 Å². The van der Waals surface area contributed by atoms with Crippen LogP contribution in [-0.4, -0.2) is 36.6 Å². The highest BCUT2D eigenvalue weighted by atomic mass is 15.1. The number of pyridine rings is 1. The average Bonchev–Trinajstić information content (AvgIpc) is 2.07. The molecule has 1 atom stereocenters. The van der Waals surface area contributed by atoms with Gasteiger partial charge in [-0.15, -0.1) is 0 Å². The predicted octanol–water partition coefficient (Wildman–Crippen LogP) is 1.03. The molecular weight excluding hydrogens is 176 g/mol. The molecule has 0 bridgehead atoms. The monoisotopic (exact) mass is 194 g/mol. The zero-order chi connectivity index (χ0) is 10.6. The highest BCUT2D eigenvalue weighted by Crippen LogP contribution is 2.15. The van der Waals surface area contributed by atoms with Gasteiger partial charge in [-0.3, -0.25) is 4.98 Å². The van der Waals surface area contributed by atoms with Gasteiger partial charge in [-0.2, -0.15) is 0 Å². The number of hydrogen-bond donors (Lipinski definition) is 2. The standard InChI is InChI=1S/C10H18N4/c1-8(7-14(2)3)13-10-6-12-5-4-9(10)11/h4-6,8,13H,7H2,1-3H3,(H2,11,12). The van der Waals surface area contributed by atoms with Crippen LogP contribution in [0.25, 0.3) is 0 Å². The minimum absolute atomic E-state index is 0.358. The van der Waals surface area contributed by atoms with E-state index in [1.54, 1.807) is 18.5 Å². The molecule has 4 nitrogen and oxygen atoms in total. The molecule has 78 valence electrons. The number of nitrogens with two attached hydrogens (primary N) is 1. The first-order chi connectivity index (χ1) is 6.59. The van der Waals surface area contributed by atoms with Gasteiger partial charge in [0.25, 0.3) is 0 Å². The zero-order valence-corrected chi connectivity index (χ0v) is 8.99. The molecule has 0 aliphatic carbocycles. The van der Waals surface area contributed by atoms with Crippen LogP contribution in [0.5, 0.6) is 0 Å². The summed E-state index contributed by atoms with van der Waals surface area (Å²) in [5, 5.41) is 3.31. The summed E-state index contributed by atoms with van der Waals surface area (Å²) in [4.78, 5) is 6.15. The van der Waals surface area contributed by atoms with Gasteiger partial charge in [0.2, 0.25) is 0 Å². The van der Waals surface area contributed by atoms with E-state index >= 15 is 0 Å². The van der Waals surface area contributed by atoms with Gasteiger partial charge < -0.3 is 16.0 Å². The number of anilines is 2. The van der Waals surface area contributed by atoms with Crippen molar-refractivity contribution >= 4 is 11.4 Å². The van der Waals surface area contributed by atoms with Crippen molar-refractivity contribution in [2.24, 2.45) is 0 Å². The Labute approximate surface area is 85.1 Å². The second-order valence-electron chi connectivity index (χ2n) is 3.77. The first-order valence-electron chi connectivity index (χ1n) is 4.70. The van der Waals surface area contributed by atoms with Crippen molar-refractivity contribution < 1.29 is 0 Å². The van der Waals surface area contributed by atoms with E-state index < -0.39 is 0 Å². The SMILES string of the molecule is CC(CN(C)C)Nc1cnccc1N. The zero-order valence-electron chi connectivity index (χ0n) is 8.99. The summed E-state index contributed by atoms with van der Waals surface area (Å²) in [6.45, 7) is 3.08. The topological polar surface area (TPSA) is 54.2 Å². The maximum absolute atomic E-state index is 5.78. The molecule has 0 saturated carbocycles. The van der Waals surface area contributed by atoms with Crippen LogP contribution in [-0.2, 0) is 0 Å². The molecule has 4 heteroatoms. The van der Waals surface area contributed by atoms with E-state index in [0.717, 1.165) is 17.9 Å². The maximum Gasteiger partial charge on any atom is 0.0762 e. The van der Waals surface area contributed by atoms with Crippen LogP contribution in [0.2, 0.25) is 0 Å². The van der Waals surface area contributed by atoms with Crippen molar-refractivity contribution in [3.8, 4) is 0 Å².